The van der Waals surface area contributed by atoms with Crippen molar-refractivity contribution in [3.63, 3.8) is 0 Å². The molecule has 1 amide bonds. The summed E-state index contributed by atoms with van der Waals surface area (Å²) < 4.78 is 1.71. The molecule has 0 fully saturated rings. The summed E-state index contributed by atoms with van der Waals surface area (Å²) in [6, 6.07) is 3.43. The van der Waals surface area contributed by atoms with Crippen molar-refractivity contribution < 1.29 is 4.79 Å². The minimum Gasteiger partial charge on any atom is -0.308 e. The molecule has 3 rings (SSSR count). The number of nitrogens with one attached hydrogen (secondary N) is 1. The molecule has 0 spiro atoms. The molecule has 0 saturated heterocycles. The van der Waals surface area contributed by atoms with Crippen molar-refractivity contribution in [1.29, 1.82) is 0 Å². The maximum atomic E-state index is 12.7. The standard InChI is InChI=1S/C16H18N6OS/c1-10(2)13(22-8-18-19-9-22)15(23)20-14-11(3)24-16(21-14)12-5-4-6-17-7-12/h4-10,13H,1-3H3,(H,20,23). The molecule has 0 bridgehead atoms. The fourth-order valence-corrected chi connectivity index (χ4v) is 3.31. The lowest BCUT2D eigenvalue weighted by Crippen LogP contribution is -2.29. The van der Waals surface area contributed by atoms with Crippen molar-refractivity contribution >= 4 is 23.1 Å². The summed E-state index contributed by atoms with van der Waals surface area (Å²) in [5, 5.41) is 11.3. The number of hydrogen-bond acceptors (Lipinski definition) is 6. The summed E-state index contributed by atoms with van der Waals surface area (Å²) in [5.41, 5.74) is 0.935. The number of aryl methyl sites for hydroxylation is 1. The normalized spacial score (nSPS) is 12.3. The molecule has 3 heterocycles. The third-order valence-corrected chi connectivity index (χ3v) is 4.62. The molecule has 1 N–H and O–H groups in total. The van der Waals surface area contributed by atoms with Crippen LogP contribution in [-0.2, 0) is 4.79 Å². The molecule has 0 saturated carbocycles. The molecule has 0 aliphatic carbocycles. The minimum atomic E-state index is -0.386. The number of anilines is 1. The summed E-state index contributed by atoms with van der Waals surface area (Å²) in [4.78, 5) is 22.3. The topological polar surface area (TPSA) is 85.6 Å². The van der Waals surface area contributed by atoms with E-state index < -0.39 is 0 Å². The number of hydrogen-bond donors (Lipinski definition) is 1. The van der Waals surface area contributed by atoms with E-state index in [2.05, 4.69) is 25.5 Å². The molecular formula is C16H18N6OS. The average Bonchev–Trinajstić information content (AvgIpc) is 3.19. The van der Waals surface area contributed by atoms with Crippen LogP contribution in [0.25, 0.3) is 10.6 Å². The zero-order chi connectivity index (χ0) is 17.1. The van der Waals surface area contributed by atoms with E-state index in [4.69, 9.17) is 0 Å². The van der Waals surface area contributed by atoms with E-state index in [0.29, 0.717) is 5.82 Å². The molecular weight excluding hydrogens is 324 g/mol. The molecule has 24 heavy (non-hydrogen) atoms. The highest BCUT2D eigenvalue weighted by atomic mass is 32.1. The maximum absolute atomic E-state index is 12.7. The van der Waals surface area contributed by atoms with Gasteiger partial charge in [-0.3, -0.25) is 9.78 Å². The van der Waals surface area contributed by atoms with Gasteiger partial charge in [0.2, 0.25) is 5.91 Å². The molecule has 1 atom stereocenters. The Balaban J connectivity index is 1.83. The summed E-state index contributed by atoms with van der Waals surface area (Å²) in [6.45, 7) is 5.91. The van der Waals surface area contributed by atoms with Gasteiger partial charge in [0.15, 0.2) is 0 Å². The monoisotopic (exact) mass is 342 g/mol. The highest BCUT2D eigenvalue weighted by Crippen LogP contribution is 2.30. The first-order chi connectivity index (χ1) is 11.6. The number of carbonyl (C=O) groups is 1. The Morgan fingerprint density at radius 3 is 2.67 bits per heavy atom. The van der Waals surface area contributed by atoms with Gasteiger partial charge in [0.1, 0.15) is 29.5 Å². The number of nitrogens with zero attached hydrogens (tertiary/aromatic N) is 5. The van der Waals surface area contributed by atoms with Crippen molar-refractivity contribution in [1.82, 2.24) is 24.7 Å². The number of aromatic nitrogens is 5. The summed E-state index contributed by atoms with van der Waals surface area (Å²) in [5.74, 6) is 0.552. The van der Waals surface area contributed by atoms with Crippen LogP contribution in [-0.4, -0.2) is 30.6 Å². The molecule has 3 aromatic heterocycles. The van der Waals surface area contributed by atoms with Gasteiger partial charge in [0.25, 0.3) is 0 Å². The zero-order valence-corrected chi connectivity index (χ0v) is 14.5. The van der Waals surface area contributed by atoms with Gasteiger partial charge in [-0.15, -0.1) is 21.5 Å². The van der Waals surface area contributed by atoms with Crippen LogP contribution in [0.5, 0.6) is 0 Å². The van der Waals surface area contributed by atoms with Gasteiger partial charge in [-0.25, -0.2) is 4.98 Å². The lowest BCUT2D eigenvalue weighted by molar-refractivity contribution is -0.120. The fraction of sp³-hybridized carbons (Fsp3) is 0.312. The van der Waals surface area contributed by atoms with Crippen LogP contribution < -0.4 is 5.32 Å². The minimum absolute atomic E-state index is 0.0951. The van der Waals surface area contributed by atoms with Gasteiger partial charge in [-0.05, 0) is 25.0 Å². The smallest absolute Gasteiger partial charge is 0.248 e. The van der Waals surface area contributed by atoms with E-state index >= 15 is 0 Å². The van der Waals surface area contributed by atoms with Gasteiger partial charge >= 0.3 is 0 Å². The van der Waals surface area contributed by atoms with Crippen LogP contribution in [0.3, 0.4) is 0 Å². The summed E-state index contributed by atoms with van der Waals surface area (Å²) >= 11 is 1.53. The van der Waals surface area contributed by atoms with Crippen LogP contribution >= 0.6 is 11.3 Å². The Morgan fingerprint density at radius 2 is 2.04 bits per heavy atom. The molecule has 3 aromatic rings. The van der Waals surface area contributed by atoms with E-state index in [-0.39, 0.29) is 17.9 Å². The van der Waals surface area contributed by atoms with E-state index in [1.54, 1.807) is 29.6 Å². The van der Waals surface area contributed by atoms with Gasteiger partial charge in [0.05, 0.1) is 0 Å². The second-order valence-electron chi connectivity index (χ2n) is 5.75. The molecule has 124 valence electrons. The molecule has 0 radical (unpaired) electrons. The van der Waals surface area contributed by atoms with Gasteiger partial charge < -0.3 is 9.88 Å². The quantitative estimate of drug-likeness (QED) is 0.770. The van der Waals surface area contributed by atoms with Crippen LogP contribution in [0.2, 0.25) is 0 Å². The average molecular weight is 342 g/mol. The van der Waals surface area contributed by atoms with Crippen molar-refractivity contribution in [2.75, 3.05) is 5.32 Å². The molecule has 8 heteroatoms. The Labute approximate surface area is 143 Å². The highest BCUT2D eigenvalue weighted by Gasteiger charge is 2.25. The second kappa shape index (κ2) is 6.88. The third kappa shape index (κ3) is 3.33. The largest absolute Gasteiger partial charge is 0.308 e. The van der Waals surface area contributed by atoms with Crippen LogP contribution in [0, 0.1) is 12.8 Å². The van der Waals surface area contributed by atoms with Crippen LogP contribution in [0.1, 0.15) is 24.8 Å². The number of thiazole rings is 1. The highest BCUT2D eigenvalue weighted by molar-refractivity contribution is 7.15. The van der Waals surface area contributed by atoms with Crippen molar-refractivity contribution in [2.24, 2.45) is 5.92 Å². The van der Waals surface area contributed by atoms with E-state index in [0.717, 1.165) is 15.4 Å². The van der Waals surface area contributed by atoms with E-state index in [9.17, 15) is 4.79 Å². The van der Waals surface area contributed by atoms with Crippen LogP contribution in [0.15, 0.2) is 37.2 Å². The lowest BCUT2D eigenvalue weighted by atomic mass is 10.0. The van der Waals surface area contributed by atoms with E-state index in [1.807, 2.05) is 32.9 Å². The van der Waals surface area contributed by atoms with Gasteiger partial charge in [-0.2, -0.15) is 0 Å². The van der Waals surface area contributed by atoms with Gasteiger partial charge in [0, 0.05) is 22.8 Å². The Bertz CT molecular complexity index is 812. The SMILES string of the molecule is Cc1sc(-c2cccnc2)nc1NC(=O)C(C(C)C)n1cnnc1. The molecule has 0 aromatic carbocycles. The second-order valence-corrected chi connectivity index (χ2v) is 6.96. The predicted molar refractivity (Wildman–Crippen MR) is 92.6 cm³/mol. The molecule has 7 nitrogen and oxygen atoms in total. The molecule has 0 aliphatic rings. The number of pyridine rings is 1. The third-order valence-electron chi connectivity index (χ3n) is 3.60. The van der Waals surface area contributed by atoms with E-state index in [1.165, 1.54) is 11.3 Å². The molecule has 0 aliphatic heterocycles. The molecule has 1 unspecified atom stereocenters. The Kier molecular flexibility index (Phi) is 4.66. The first-order valence-electron chi connectivity index (χ1n) is 7.59. The van der Waals surface area contributed by atoms with Gasteiger partial charge in [-0.1, -0.05) is 13.8 Å². The number of amides is 1. The predicted octanol–water partition coefficient (Wildman–Crippen LogP) is 2.94. The summed E-state index contributed by atoms with van der Waals surface area (Å²) in [7, 11) is 0. The lowest BCUT2D eigenvalue weighted by Gasteiger charge is -2.20. The Morgan fingerprint density at radius 1 is 1.29 bits per heavy atom. The maximum Gasteiger partial charge on any atom is 0.248 e. The van der Waals surface area contributed by atoms with Crippen molar-refractivity contribution in [3.8, 4) is 10.6 Å². The fourth-order valence-electron chi connectivity index (χ4n) is 2.45. The number of carbonyl (C=O) groups excluding carboxylic acids is 1. The number of rotatable bonds is 5. The van der Waals surface area contributed by atoms with Crippen molar-refractivity contribution in [2.45, 2.75) is 26.8 Å². The Hall–Kier alpha value is -2.61. The first kappa shape index (κ1) is 16.3. The van der Waals surface area contributed by atoms with Crippen molar-refractivity contribution in [3.05, 3.63) is 42.1 Å². The van der Waals surface area contributed by atoms with Crippen LogP contribution in [0.4, 0.5) is 5.82 Å². The zero-order valence-electron chi connectivity index (χ0n) is 13.7. The first-order valence-corrected chi connectivity index (χ1v) is 8.40. The summed E-state index contributed by atoms with van der Waals surface area (Å²) in [6.07, 6.45) is 6.59.